The summed E-state index contributed by atoms with van der Waals surface area (Å²) in [5.74, 6) is 2.28. The van der Waals surface area contributed by atoms with Gasteiger partial charge >= 0.3 is 0 Å². The largest absolute Gasteiger partial charge is 0.356 e. The zero-order valence-corrected chi connectivity index (χ0v) is 17.8. The summed E-state index contributed by atoms with van der Waals surface area (Å²) in [6, 6.07) is 12.3. The first kappa shape index (κ1) is 21.5. The molecule has 1 aromatic carbocycles. The lowest BCUT2D eigenvalue weighted by molar-refractivity contribution is 0.422. The van der Waals surface area contributed by atoms with Crippen LogP contribution in [0.25, 0.3) is 11.3 Å². The van der Waals surface area contributed by atoms with Gasteiger partial charge in [0.15, 0.2) is 11.7 Å². The number of benzene rings is 1. The first-order valence-corrected chi connectivity index (χ1v) is 8.56. The number of halogens is 1. The number of guanidine groups is 1. The van der Waals surface area contributed by atoms with E-state index in [1.165, 1.54) is 6.42 Å². The third-order valence-corrected chi connectivity index (χ3v) is 3.84. The molecule has 2 rings (SSSR count). The fraction of sp³-hybridized carbons (Fsp3) is 0.474. The Morgan fingerprint density at radius 3 is 2.52 bits per heavy atom. The van der Waals surface area contributed by atoms with Gasteiger partial charge in [0.05, 0.1) is 6.54 Å². The average molecular weight is 456 g/mol. The summed E-state index contributed by atoms with van der Waals surface area (Å²) in [4.78, 5) is 4.27. The summed E-state index contributed by atoms with van der Waals surface area (Å²) in [6.45, 7) is 7.25. The Hall–Kier alpha value is -1.57. The maximum Gasteiger partial charge on any atom is 0.191 e. The van der Waals surface area contributed by atoms with Crippen LogP contribution in [0.2, 0.25) is 0 Å². The number of aliphatic imine (C=N–C) groups is 1. The normalized spacial score (nSPS) is 12.6. The molecule has 0 aliphatic heterocycles. The van der Waals surface area contributed by atoms with Crippen molar-refractivity contribution in [1.29, 1.82) is 0 Å². The van der Waals surface area contributed by atoms with Gasteiger partial charge in [0.2, 0.25) is 0 Å². The third kappa shape index (κ3) is 7.46. The van der Waals surface area contributed by atoms with Gasteiger partial charge in [-0.1, -0.05) is 49.3 Å². The lowest BCUT2D eigenvalue weighted by Gasteiger charge is -2.18. The number of hydrogen-bond donors (Lipinski definition) is 2. The predicted octanol–water partition coefficient (Wildman–Crippen LogP) is 4.45. The van der Waals surface area contributed by atoms with Crippen molar-refractivity contribution in [2.24, 2.45) is 10.9 Å². The molecule has 5 nitrogen and oxygen atoms in total. The second-order valence-corrected chi connectivity index (χ2v) is 6.49. The van der Waals surface area contributed by atoms with Gasteiger partial charge in [-0.15, -0.1) is 24.0 Å². The van der Waals surface area contributed by atoms with Crippen molar-refractivity contribution in [3.05, 3.63) is 42.1 Å². The zero-order valence-electron chi connectivity index (χ0n) is 15.5. The van der Waals surface area contributed by atoms with E-state index in [1.807, 2.05) is 36.4 Å². The summed E-state index contributed by atoms with van der Waals surface area (Å²) in [6.07, 6.45) is 2.33. The topological polar surface area (TPSA) is 62.5 Å². The molecule has 25 heavy (non-hydrogen) atoms. The van der Waals surface area contributed by atoms with Crippen LogP contribution in [0.3, 0.4) is 0 Å². The third-order valence-electron chi connectivity index (χ3n) is 3.84. The molecule has 0 fully saturated rings. The van der Waals surface area contributed by atoms with E-state index in [-0.39, 0.29) is 24.0 Å². The minimum Gasteiger partial charge on any atom is -0.356 e. The van der Waals surface area contributed by atoms with Gasteiger partial charge < -0.3 is 15.2 Å². The SMILES string of the molecule is CN=C(NCc1cc(-c2ccccc2)on1)NC(C)CCC(C)C.I. The highest BCUT2D eigenvalue weighted by Crippen LogP contribution is 2.19. The first-order valence-electron chi connectivity index (χ1n) is 8.56. The van der Waals surface area contributed by atoms with Gasteiger partial charge in [0.25, 0.3) is 0 Å². The van der Waals surface area contributed by atoms with Crippen molar-refractivity contribution in [2.75, 3.05) is 7.05 Å². The second kappa shape index (κ2) is 11.1. The van der Waals surface area contributed by atoms with E-state index in [1.54, 1.807) is 7.05 Å². The Bertz CT molecular complexity index is 640. The van der Waals surface area contributed by atoms with Crippen molar-refractivity contribution < 1.29 is 4.52 Å². The van der Waals surface area contributed by atoms with Crippen LogP contribution in [0.15, 0.2) is 45.9 Å². The fourth-order valence-corrected chi connectivity index (χ4v) is 2.39. The highest BCUT2D eigenvalue weighted by Gasteiger charge is 2.09. The molecule has 0 saturated heterocycles. The number of hydrogen-bond acceptors (Lipinski definition) is 3. The van der Waals surface area contributed by atoms with Gasteiger partial charge in [-0.3, -0.25) is 4.99 Å². The maximum absolute atomic E-state index is 5.41. The molecule has 2 N–H and O–H groups in total. The van der Waals surface area contributed by atoms with Crippen LogP contribution in [0.4, 0.5) is 0 Å². The Kier molecular flexibility index (Phi) is 9.55. The van der Waals surface area contributed by atoms with E-state index in [0.717, 1.165) is 35.3 Å². The molecule has 0 aliphatic rings. The van der Waals surface area contributed by atoms with E-state index >= 15 is 0 Å². The summed E-state index contributed by atoms with van der Waals surface area (Å²) in [5.41, 5.74) is 1.88. The number of nitrogens with one attached hydrogen (secondary N) is 2. The van der Waals surface area contributed by atoms with Crippen molar-refractivity contribution in [3.8, 4) is 11.3 Å². The minimum absolute atomic E-state index is 0. The molecule has 2 aromatic rings. The molecule has 0 spiro atoms. The average Bonchev–Trinajstić information content (AvgIpc) is 3.06. The standard InChI is InChI=1S/C19H28N4O.HI/c1-14(2)10-11-15(3)22-19(20-4)21-13-17-12-18(24-23-17)16-8-6-5-7-9-16;/h5-9,12,14-15H,10-11,13H2,1-4H3,(H2,20,21,22);1H. The molecule has 1 unspecified atom stereocenters. The van der Waals surface area contributed by atoms with Crippen LogP contribution >= 0.6 is 24.0 Å². The summed E-state index contributed by atoms with van der Waals surface area (Å²) >= 11 is 0. The highest BCUT2D eigenvalue weighted by atomic mass is 127. The minimum atomic E-state index is 0. The predicted molar refractivity (Wildman–Crippen MR) is 114 cm³/mol. The summed E-state index contributed by atoms with van der Waals surface area (Å²) in [5, 5.41) is 10.8. The van der Waals surface area contributed by atoms with Gasteiger partial charge in [0.1, 0.15) is 5.69 Å². The molecule has 0 radical (unpaired) electrons. The van der Waals surface area contributed by atoms with Gasteiger partial charge in [0, 0.05) is 24.7 Å². The Labute approximate surface area is 167 Å². The van der Waals surface area contributed by atoms with Crippen LogP contribution in [0.1, 0.15) is 39.3 Å². The van der Waals surface area contributed by atoms with E-state index in [4.69, 9.17) is 4.52 Å². The lowest BCUT2D eigenvalue weighted by Crippen LogP contribution is -2.42. The fourth-order valence-electron chi connectivity index (χ4n) is 2.39. The number of nitrogens with zero attached hydrogens (tertiary/aromatic N) is 2. The van der Waals surface area contributed by atoms with Crippen LogP contribution < -0.4 is 10.6 Å². The smallest absolute Gasteiger partial charge is 0.191 e. The number of rotatable bonds is 7. The molecule has 0 saturated carbocycles. The lowest BCUT2D eigenvalue weighted by atomic mass is 10.0. The maximum atomic E-state index is 5.41. The Balaban J connectivity index is 0.00000312. The highest BCUT2D eigenvalue weighted by molar-refractivity contribution is 14.0. The van der Waals surface area contributed by atoms with E-state index in [2.05, 4.69) is 41.6 Å². The van der Waals surface area contributed by atoms with E-state index in [0.29, 0.717) is 12.6 Å². The van der Waals surface area contributed by atoms with E-state index in [9.17, 15) is 0 Å². The summed E-state index contributed by atoms with van der Waals surface area (Å²) < 4.78 is 5.41. The van der Waals surface area contributed by atoms with Gasteiger partial charge in [-0.2, -0.15) is 0 Å². The molecule has 1 atom stereocenters. The van der Waals surface area contributed by atoms with Crippen molar-refractivity contribution in [1.82, 2.24) is 15.8 Å². The van der Waals surface area contributed by atoms with Crippen molar-refractivity contribution >= 4 is 29.9 Å². The monoisotopic (exact) mass is 456 g/mol. The van der Waals surface area contributed by atoms with Crippen LogP contribution in [0.5, 0.6) is 0 Å². The molecule has 1 heterocycles. The molecule has 6 heteroatoms. The molecule has 0 amide bonds. The Morgan fingerprint density at radius 1 is 1.16 bits per heavy atom. The van der Waals surface area contributed by atoms with Crippen LogP contribution in [0, 0.1) is 5.92 Å². The van der Waals surface area contributed by atoms with Crippen LogP contribution in [-0.4, -0.2) is 24.2 Å². The van der Waals surface area contributed by atoms with Gasteiger partial charge in [-0.25, -0.2) is 0 Å². The van der Waals surface area contributed by atoms with Crippen LogP contribution in [-0.2, 0) is 6.54 Å². The Morgan fingerprint density at radius 2 is 1.88 bits per heavy atom. The van der Waals surface area contributed by atoms with Crippen molar-refractivity contribution in [2.45, 2.75) is 46.2 Å². The molecular weight excluding hydrogens is 427 g/mol. The summed E-state index contributed by atoms with van der Waals surface area (Å²) in [7, 11) is 1.78. The van der Waals surface area contributed by atoms with Crippen molar-refractivity contribution in [3.63, 3.8) is 0 Å². The van der Waals surface area contributed by atoms with E-state index < -0.39 is 0 Å². The quantitative estimate of drug-likeness (QED) is 0.367. The molecule has 1 aromatic heterocycles. The van der Waals surface area contributed by atoms with Gasteiger partial charge in [-0.05, 0) is 25.7 Å². The number of aromatic nitrogens is 1. The second-order valence-electron chi connectivity index (χ2n) is 6.49. The molecular formula is C19H29IN4O. The molecule has 0 bridgehead atoms. The zero-order chi connectivity index (χ0) is 17.4. The molecule has 0 aliphatic carbocycles. The first-order chi connectivity index (χ1) is 11.6. The molecule has 138 valence electrons.